The number of nitrogens with one attached hydrogen (secondary N) is 2. The number of amides is 1. The molecule has 2 atom stereocenters. The number of aliphatic hydroxyl groups is 1. The minimum atomic E-state index is -2.84. The number of aryl methyl sites for hydroxylation is 1. The van der Waals surface area contributed by atoms with Gasteiger partial charge in [0.15, 0.2) is 0 Å². The maximum atomic E-state index is 12.9. The lowest BCUT2D eigenvalue weighted by molar-refractivity contribution is 0.00386. The third-order valence-electron chi connectivity index (χ3n) is 7.31. The number of hydrogen-bond acceptors (Lipinski definition) is 9. The molecular weight excluding hydrogens is 582 g/mol. The average Bonchev–Trinajstić information content (AvgIpc) is 3.00. The normalized spacial score (nSPS) is 16.0. The summed E-state index contributed by atoms with van der Waals surface area (Å²) in [6, 6.07) is 14.6. The van der Waals surface area contributed by atoms with E-state index in [4.69, 9.17) is 14.5 Å². The molecule has 0 saturated carbocycles. The molecule has 3 N–H and O–H groups in total. The van der Waals surface area contributed by atoms with Crippen molar-refractivity contribution < 1.29 is 28.2 Å². The smallest absolute Gasteiger partial charge is 0.410 e. The van der Waals surface area contributed by atoms with E-state index < -0.39 is 18.1 Å². The van der Waals surface area contributed by atoms with E-state index in [0.717, 1.165) is 29.2 Å². The quantitative estimate of drug-likeness (QED) is 0.189. The van der Waals surface area contributed by atoms with E-state index in [1.54, 1.807) is 41.6 Å². The van der Waals surface area contributed by atoms with Crippen molar-refractivity contribution in [2.24, 2.45) is 0 Å². The summed E-state index contributed by atoms with van der Waals surface area (Å²) < 4.78 is 37.7. The van der Waals surface area contributed by atoms with Crippen molar-refractivity contribution in [1.82, 2.24) is 19.9 Å². The lowest BCUT2D eigenvalue weighted by atomic mass is 10.0. The molecule has 0 radical (unpaired) electrons. The fraction of sp³-hybridized carbons (Fsp3) is 0.394. The Kier molecular flexibility index (Phi) is 9.62. The number of hydrogen-bond donors (Lipinski definition) is 3. The maximum Gasteiger partial charge on any atom is 0.410 e. The topological polar surface area (TPSA) is 122 Å². The van der Waals surface area contributed by atoms with E-state index in [1.165, 1.54) is 0 Å². The molecule has 10 nitrogen and oxygen atoms in total. The molecule has 0 bridgehead atoms. The molecule has 0 unspecified atom stereocenters. The minimum Gasteiger partial charge on any atom is -0.444 e. The van der Waals surface area contributed by atoms with Crippen molar-refractivity contribution in [2.75, 3.05) is 30.3 Å². The molecule has 1 aliphatic rings. The van der Waals surface area contributed by atoms with Gasteiger partial charge in [-0.1, -0.05) is 24.3 Å². The number of carbonyl (C=O) groups is 1. The number of nitrogens with zero attached hydrogens (tertiary/aromatic N) is 4. The van der Waals surface area contributed by atoms with Crippen LogP contribution in [0.1, 0.15) is 39.2 Å². The zero-order valence-electron chi connectivity index (χ0n) is 25.8. The Labute approximate surface area is 260 Å². The van der Waals surface area contributed by atoms with Crippen LogP contribution in [0.4, 0.5) is 25.2 Å². The first-order valence-electron chi connectivity index (χ1n) is 14.9. The standard InChI is InChI=1S/C33H38F2N6O4/c1-20-12-13-22-23(9-5-11-25(22)38-18-27(42)29(34)35)28(20)44-30-24(10-6-15-36-30)26-14-16-37-31(40-26)39-21-8-7-17-41(19-21)32(43)45-33(2,3)4/h5-6,9-16,21,27,29,38,42H,7-8,17-19H2,1-4H3,(H,37,39,40)/t21-,27-/m0/s1. The minimum absolute atomic E-state index is 0.0471. The van der Waals surface area contributed by atoms with E-state index in [2.05, 4.69) is 20.6 Å². The van der Waals surface area contributed by atoms with E-state index in [-0.39, 0.29) is 18.7 Å². The van der Waals surface area contributed by atoms with Crippen molar-refractivity contribution in [3.05, 3.63) is 66.5 Å². The fourth-order valence-corrected chi connectivity index (χ4v) is 5.14. The Balaban J connectivity index is 1.37. The number of carbonyl (C=O) groups excluding carboxylic acids is 1. The molecule has 12 heteroatoms. The zero-order valence-corrected chi connectivity index (χ0v) is 25.8. The Morgan fingerprint density at radius 3 is 2.69 bits per heavy atom. The summed E-state index contributed by atoms with van der Waals surface area (Å²) in [4.78, 5) is 28.0. The first kappa shape index (κ1) is 31.8. The summed E-state index contributed by atoms with van der Waals surface area (Å²) in [5, 5.41) is 17.4. The number of anilines is 2. The van der Waals surface area contributed by atoms with Gasteiger partial charge >= 0.3 is 6.09 Å². The Hall–Kier alpha value is -4.58. The number of benzene rings is 2. The van der Waals surface area contributed by atoms with Crippen LogP contribution < -0.4 is 15.4 Å². The molecule has 0 spiro atoms. The molecule has 2 aromatic carbocycles. The van der Waals surface area contributed by atoms with Crippen LogP contribution in [0.2, 0.25) is 0 Å². The number of fused-ring (bicyclic) bond motifs is 1. The number of pyridine rings is 1. The SMILES string of the molecule is Cc1ccc2c(NC[C@H](O)C(F)F)cccc2c1Oc1ncccc1-c1ccnc(N[C@H]2CCCN(C(=O)OC(C)(C)C)C2)n1. The largest absolute Gasteiger partial charge is 0.444 e. The molecule has 1 fully saturated rings. The molecule has 5 rings (SSSR count). The van der Waals surface area contributed by atoms with Gasteiger partial charge in [0.05, 0.1) is 11.3 Å². The van der Waals surface area contributed by atoms with Gasteiger partial charge in [-0.15, -0.1) is 0 Å². The Morgan fingerprint density at radius 2 is 1.91 bits per heavy atom. The van der Waals surface area contributed by atoms with Gasteiger partial charge in [0, 0.05) is 54.5 Å². The predicted molar refractivity (Wildman–Crippen MR) is 169 cm³/mol. The number of aliphatic hydroxyl groups excluding tert-OH is 1. The lowest BCUT2D eigenvalue weighted by Crippen LogP contribution is -2.47. The molecule has 238 valence electrons. The van der Waals surface area contributed by atoms with E-state index >= 15 is 0 Å². The highest BCUT2D eigenvalue weighted by Crippen LogP contribution is 2.38. The van der Waals surface area contributed by atoms with Crippen molar-refractivity contribution >= 4 is 28.5 Å². The molecule has 4 aromatic rings. The number of rotatable bonds is 9. The van der Waals surface area contributed by atoms with E-state index in [1.807, 2.05) is 52.0 Å². The summed E-state index contributed by atoms with van der Waals surface area (Å²) >= 11 is 0. The second kappa shape index (κ2) is 13.6. The molecule has 1 amide bonds. The molecule has 3 heterocycles. The maximum absolute atomic E-state index is 12.9. The monoisotopic (exact) mass is 620 g/mol. The summed E-state index contributed by atoms with van der Waals surface area (Å²) in [5.74, 6) is 1.31. The van der Waals surface area contributed by atoms with Crippen LogP contribution in [-0.4, -0.2) is 74.9 Å². The van der Waals surface area contributed by atoms with Crippen molar-refractivity contribution in [2.45, 2.75) is 64.7 Å². The van der Waals surface area contributed by atoms with Crippen LogP contribution in [0.25, 0.3) is 22.0 Å². The molecule has 2 aromatic heterocycles. The van der Waals surface area contributed by atoms with Crippen LogP contribution in [0.3, 0.4) is 0 Å². The molecule has 45 heavy (non-hydrogen) atoms. The highest BCUT2D eigenvalue weighted by atomic mass is 19.3. The summed E-state index contributed by atoms with van der Waals surface area (Å²) in [6.45, 7) is 8.27. The number of ether oxygens (including phenoxy) is 2. The fourth-order valence-electron chi connectivity index (χ4n) is 5.14. The first-order chi connectivity index (χ1) is 21.5. The van der Waals surface area contributed by atoms with Crippen molar-refractivity contribution in [3.63, 3.8) is 0 Å². The summed E-state index contributed by atoms with van der Waals surface area (Å²) in [5.41, 5.74) is 2.12. The second-order valence-corrected chi connectivity index (χ2v) is 12.0. The van der Waals surface area contributed by atoms with Crippen molar-refractivity contribution in [3.8, 4) is 22.9 Å². The molecule has 0 aliphatic carbocycles. The van der Waals surface area contributed by atoms with Crippen LogP contribution in [0, 0.1) is 6.92 Å². The van der Waals surface area contributed by atoms with E-state index in [9.17, 15) is 18.7 Å². The third-order valence-corrected chi connectivity index (χ3v) is 7.31. The van der Waals surface area contributed by atoms with Gasteiger partial charge in [-0.05, 0) is 70.4 Å². The first-order valence-corrected chi connectivity index (χ1v) is 14.9. The van der Waals surface area contributed by atoms with Crippen LogP contribution in [0.15, 0.2) is 60.9 Å². The molecule has 1 saturated heterocycles. The number of alkyl halides is 2. The van der Waals surface area contributed by atoms with Gasteiger partial charge in [-0.2, -0.15) is 0 Å². The van der Waals surface area contributed by atoms with Crippen LogP contribution >= 0.6 is 0 Å². The van der Waals surface area contributed by atoms with Gasteiger partial charge in [-0.25, -0.2) is 28.5 Å². The molecular formula is C33H38F2N6O4. The second-order valence-electron chi connectivity index (χ2n) is 12.0. The zero-order chi connectivity index (χ0) is 32.1. The Morgan fingerprint density at radius 1 is 1.09 bits per heavy atom. The number of piperidine rings is 1. The van der Waals surface area contributed by atoms with Gasteiger partial charge in [0.25, 0.3) is 6.43 Å². The number of likely N-dealkylation sites (tertiary alicyclic amines) is 1. The Bertz CT molecular complexity index is 1650. The summed E-state index contributed by atoms with van der Waals surface area (Å²) in [7, 11) is 0. The highest BCUT2D eigenvalue weighted by molar-refractivity contribution is 5.98. The van der Waals surface area contributed by atoms with Gasteiger partial charge in [0.1, 0.15) is 17.5 Å². The average molecular weight is 621 g/mol. The van der Waals surface area contributed by atoms with Gasteiger partial charge in [0.2, 0.25) is 11.8 Å². The van der Waals surface area contributed by atoms with Crippen LogP contribution in [-0.2, 0) is 4.74 Å². The van der Waals surface area contributed by atoms with E-state index in [0.29, 0.717) is 47.6 Å². The van der Waals surface area contributed by atoms with Crippen LogP contribution in [0.5, 0.6) is 11.6 Å². The molecule has 1 aliphatic heterocycles. The summed E-state index contributed by atoms with van der Waals surface area (Å²) in [6.07, 6.45) is 0.00224. The van der Waals surface area contributed by atoms with Gasteiger partial charge in [-0.3, -0.25) is 0 Å². The number of aromatic nitrogens is 3. The van der Waals surface area contributed by atoms with Crippen molar-refractivity contribution in [1.29, 1.82) is 0 Å². The number of halogens is 2. The predicted octanol–water partition coefficient (Wildman–Crippen LogP) is 6.64. The highest BCUT2D eigenvalue weighted by Gasteiger charge is 2.28. The third kappa shape index (κ3) is 7.93. The van der Waals surface area contributed by atoms with Gasteiger partial charge < -0.3 is 30.1 Å². The lowest BCUT2D eigenvalue weighted by Gasteiger charge is -2.34.